The van der Waals surface area contributed by atoms with E-state index in [0.29, 0.717) is 50.1 Å². The van der Waals surface area contributed by atoms with Crippen molar-refractivity contribution in [2.45, 2.75) is 122 Å². The summed E-state index contributed by atoms with van der Waals surface area (Å²) in [6.45, 7) is 12.3. The van der Waals surface area contributed by atoms with Crippen LogP contribution in [0, 0.1) is 35.5 Å². The first kappa shape index (κ1) is 61.5. The summed E-state index contributed by atoms with van der Waals surface area (Å²) in [7, 11) is 0. The minimum absolute atomic E-state index is 0.0342. The Hall–Kier alpha value is -9.10. The van der Waals surface area contributed by atoms with E-state index in [1.807, 2.05) is 6.92 Å². The van der Waals surface area contributed by atoms with Crippen LogP contribution < -0.4 is 10.7 Å². The Morgan fingerprint density at radius 3 is 2.04 bits per heavy atom. The Morgan fingerprint density at radius 2 is 1.40 bits per heavy atom. The number of ether oxygens (including phenoxy) is 5. The van der Waals surface area contributed by atoms with Gasteiger partial charge in [0.25, 0.3) is 5.91 Å². The lowest BCUT2D eigenvalue weighted by atomic mass is 9.43. The number of phenolic OH excluding ortho intramolecular Hbond substituents is 1. The predicted octanol–water partition coefficient (Wildman–Crippen LogP) is 9.79. The van der Waals surface area contributed by atoms with Crippen LogP contribution in [-0.4, -0.2) is 105 Å². The van der Waals surface area contributed by atoms with Crippen LogP contribution in [0.3, 0.4) is 0 Å². The van der Waals surface area contributed by atoms with Gasteiger partial charge in [-0.1, -0.05) is 107 Å². The number of nitrogens with one attached hydrogen (secondary N) is 1. The summed E-state index contributed by atoms with van der Waals surface area (Å²) in [5.74, 6) is -8.97. The van der Waals surface area contributed by atoms with Gasteiger partial charge >= 0.3 is 23.9 Å². The molecule has 2 heterocycles. The number of phenols is 1. The van der Waals surface area contributed by atoms with Crippen molar-refractivity contribution in [2.24, 2.45) is 28.6 Å². The topological polar surface area (TPSA) is 269 Å². The summed E-state index contributed by atoms with van der Waals surface area (Å²) in [5.41, 5.74) is -3.32. The highest BCUT2D eigenvalue weighted by Gasteiger charge is 2.78. The molecule has 0 unspecified atom stereocenters. The van der Waals surface area contributed by atoms with Crippen molar-refractivity contribution < 1.29 is 77.0 Å². The van der Waals surface area contributed by atoms with Gasteiger partial charge < -0.3 is 48.7 Å². The first-order valence-corrected chi connectivity index (χ1v) is 29.7. The zero-order valence-electron chi connectivity index (χ0n) is 50.4. The molecule has 2 aliphatic heterocycles. The van der Waals surface area contributed by atoms with Crippen molar-refractivity contribution in [3.05, 3.63) is 195 Å². The molecular formula is C71H69NO17. The van der Waals surface area contributed by atoms with Gasteiger partial charge in [0.15, 0.2) is 22.9 Å². The minimum atomic E-state index is -2.37. The zero-order valence-corrected chi connectivity index (χ0v) is 50.4. The molecule has 0 spiro atoms. The number of ketones is 2. The van der Waals surface area contributed by atoms with E-state index in [9.17, 15) is 48.9 Å². The van der Waals surface area contributed by atoms with Gasteiger partial charge in [-0.3, -0.25) is 28.8 Å². The van der Waals surface area contributed by atoms with Crippen LogP contribution in [0.5, 0.6) is 5.75 Å². The number of benzene rings is 6. The molecule has 1 saturated heterocycles. The van der Waals surface area contributed by atoms with Crippen LogP contribution in [0.4, 0.5) is 0 Å². The molecule has 11 rings (SSSR count). The van der Waals surface area contributed by atoms with E-state index in [0.717, 1.165) is 5.56 Å². The normalized spacial score (nSPS) is 26.2. The third-order valence-corrected chi connectivity index (χ3v) is 19.1. The average Bonchev–Trinajstić information content (AvgIpc) is 0.671. The molecule has 0 aromatic heterocycles. The molecule has 89 heavy (non-hydrogen) atoms. The number of Topliss-reactive ketones (excluding diaryl/α,β-unsaturated/α-hetero) is 2. The van der Waals surface area contributed by atoms with Gasteiger partial charge in [-0.05, 0) is 103 Å². The minimum Gasteiger partial charge on any atom is -0.508 e. The summed E-state index contributed by atoms with van der Waals surface area (Å²) in [6, 6.07) is 37.4. The number of aromatic hydroxyl groups is 1. The van der Waals surface area contributed by atoms with E-state index >= 15 is 4.79 Å². The average molecular weight is 1210 g/mol. The maximum atomic E-state index is 16.4. The number of aliphatic hydroxyl groups excluding tert-OH is 1. The second kappa shape index (κ2) is 23.4. The van der Waals surface area contributed by atoms with E-state index in [1.165, 1.54) is 50.2 Å². The first-order valence-electron chi connectivity index (χ1n) is 29.7. The van der Waals surface area contributed by atoms with Gasteiger partial charge in [0, 0.05) is 77.3 Å². The van der Waals surface area contributed by atoms with Gasteiger partial charge in [-0.2, -0.15) is 0 Å². The number of fused-ring (bicyclic) bond motifs is 7. The van der Waals surface area contributed by atoms with Crippen LogP contribution >= 0.6 is 0 Å². The Labute approximate surface area is 513 Å². The number of rotatable bonds is 15. The van der Waals surface area contributed by atoms with E-state index < -0.39 is 124 Å². The molecule has 1 amide bonds. The van der Waals surface area contributed by atoms with Crippen molar-refractivity contribution in [1.82, 2.24) is 5.32 Å². The van der Waals surface area contributed by atoms with Gasteiger partial charge in [-0.25, -0.2) is 9.59 Å². The third kappa shape index (κ3) is 10.7. The number of esters is 4. The van der Waals surface area contributed by atoms with Crippen LogP contribution in [0.1, 0.15) is 116 Å². The van der Waals surface area contributed by atoms with E-state index in [2.05, 4.69) is 5.32 Å². The summed E-state index contributed by atoms with van der Waals surface area (Å²) < 4.78 is 38.1. The molecule has 460 valence electrons. The molecule has 18 nitrogen and oxygen atoms in total. The molecule has 4 aliphatic carbocycles. The van der Waals surface area contributed by atoms with Crippen LogP contribution in [-0.2, 0) is 42.9 Å². The second-order valence-corrected chi connectivity index (χ2v) is 24.9. The smallest absolute Gasteiger partial charge is 0.338 e. The highest BCUT2D eigenvalue weighted by molar-refractivity contribution is 6.04. The van der Waals surface area contributed by atoms with Gasteiger partial charge in [0.1, 0.15) is 52.9 Å². The molecule has 5 aromatic rings. The second-order valence-electron chi connectivity index (χ2n) is 24.9. The molecule has 2 bridgehead atoms. The molecule has 12 atom stereocenters. The maximum absolute atomic E-state index is 16.4. The molecule has 18 heteroatoms. The summed E-state index contributed by atoms with van der Waals surface area (Å²) >= 11 is 0. The molecule has 0 radical (unpaired) electrons. The van der Waals surface area contributed by atoms with Crippen LogP contribution in [0.15, 0.2) is 166 Å². The molecule has 3 fully saturated rings. The van der Waals surface area contributed by atoms with Gasteiger partial charge in [-0.15, -0.1) is 0 Å². The summed E-state index contributed by atoms with van der Waals surface area (Å²) in [4.78, 5) is 115. The van der Waals surface area contributed by atoms with Crippen LogP contribution in [0.25, 0.3) is 33.4 Å². The van der Waals surface area contributed by atoms with E-state index in [-0.39, 0.29) is 47.3 Å². The molecule has 4 N–H and O–H groups in total. The summed E-state index contributed by atoms with van der Waals surface area (Å²) in [6.07, 6.45) is -8.93. The fourth-order valence-corrected chi connectivity index (χ4v) is 14.6. The third-order valence-electron chi connectivity index (χ3n) is 19.1. The largest absolute Gasteiger partial charge is 0.508 e. The van der Waals surface area contributed by atoms with Crippen LogP contribution in [0.2, 0.25) is 0 Å². The lowest BCUT2D eigenvalue weighted by molar-refractivity contribution is -0.346. The Balaban J connectivity index is 0.947. The van der Waals surface area contributed by atoms with Crippen molar-refractivity contribution in [3.63, 3.8) is 0 Å². The quantitative estimate of drug-likeness (QED) is 0.0244. The van der Waals surface area contributed by atoms with E-state index in [1.54, 1.807) is 144 Å². The number of aliphatic hydroxyl groups is 2. The highest BCUT2D eigenvalue weighted by atomic mass is 16.6. The van der Waals surface area contributed by atoms with Crippen molar-refractivity contribution in [3.8, 4) is 28.2 Å². The lowest BCUT2D eigenvalue weighted by Crippen LogP contribution is -2.81. The monoisotopic (exact) mass is 1210 g/mol. The van der Waals surface area contributed by atoms with Crippen molar-refractivity contribution in [2.75, 3.05) is 6.61 Å². The predicted molar refractivity (Wildman–Crippen MR) is 324 cm³/mol. The maximum Gasteiger partial charge on any atom is 0.338 e. The Bertz CT molecular complexity index is 4040. The number of aryl methyl sites for hydroxylation is 1. The van der Waals surface area contributed by atoms with Crippen molar-refractivity contribution in [1.29, 1.82) is 0 Å². The van der Waals surface area contributed by atoms with Gasteiger partial charge in [0.2, 0.25) is 0 Å². The summed E-state index contributed by atoms with van der Waals surface area (Å²) in [5, 5.41) is 40.0. The molecular weight excluding hydrogens is 1140 g/mol. The number of amides is 1. The molecule has 2 saturated carbocycles. The fourth-order valence-electron chi connectivity index (χ4n) is 14.6. The first-order chi connectivity index (χ1) is 42.3. The lowest BCUT2D eigenvalue weighted by Gasteiger charge is -2.67. The highest BCUT2D eigenvalue weighted by Crippen LogP contribution is 2.65. The zero-order chi connectivity index (χ0) is 63.6. The molecule has 6 aliphatic rings. The Morgan fingerprint density at radius 1 is 0.753 bits per heavy atom. The molecule has 5 aromatic carbocycles. The number of hydrogen-bond donors (Lipinski definition) is 4. The SMILES string of the molecule is CC(=O)O[C@@]12CO[C@@H]1C[C@H](OC(=O)[C@H](C)CC(=O)c1ccc(-c3c4ccc(=O)cc-4oc4cc(O)ccc34)c(C)c1)[C@@]1(C)C(=O)[C@H](C)C3=C(C)[C@@H](OC(=O)[C@H](O)[C@@H](NC(=O)c4ccccc4)c4ccccc4)C[C@@](O)([C@@H](OC(=O)c4ccccc4)[C@H]21)C3(C)C. The van der Waals surface area contributed by atoms with Gasteiger partial charge in [0.05, 0.1) is 35.5 Å². The van der Waals surface area contributed by atoms with Crippen molar-refractivity contribution >= 4 is 52.3 Å². The number of carbonyl (C=O) groups excluding carboxylic acids is 7. The number of carbonyl (C=O) groups is 7. The Kier molecular flexibility index (Phi) is 16.2. The van der Waals surface area contributed by atoms with E-state index in [4.69, 9.17) is 28.1 Å². The number of hydrogen-bond acceptors (Lipinski definition) is 17. The fraction of sp³-hybridized carbons (Fsp3) is 0.352. The standard InChI is InChI=1S/C71H69NO17/c1-37-30-45(24-27-48(37)57-49-28-25-46(74)32-52(49)85-53-33-47(75)26-29-50(53)57)51(76)31-38(2)65(80)87-55-34-56-70(36-84-56,89-41(5)73)61-63(88-66(81)44-22-16-11-17-23-44)71(83)35-54(39(3)58(68(71,6)7)40(4)62(78)69(55,61)8)86-67(82)60(77)59(42-18-12-9-13-19-42)72-64(79)43-20-14-10-15-21-43/h9-30,32-33,38,40,54-56,59-61,63,74,77,83H,31,34-36H2,1-8H3,(H,72,79)/t38-,40-,54+,55+,56-,59+,60-,61+,63+,69-,70+,71-/m1/s1.